The molecule has 0 spiro atoms. The second kappa shape index (κ2) is 5.33. The van der Waals surface area contributed by atoms with Crippen molar-refractivity contribution in [3.8, 4) is 12.0 Å². The van der Waals surface area contributed by atoms with Crippen molar-refractivity contribution >= 4 is 5.95 Å². The van der Waals surface area contributed by atoms with Crippen molar-refractivity contribution < 1.29 is 9.47 Å². The Morgan fingerprint density at radius 2 is 1.87 bits per heavy atom. The molecule has 1 N–H and O–H groups in total. The lowest BCUT2D eigenvalue weighted by Gasteiger charge is -2.08. The Morgan fingerprint density at radius 1 is 1.20 bits per heavy atom. The molecule has 6 nitrogen and oxygen atoms in total. The third kappa shape index (κ3) is 3.57. The molecule has 0 atom stereocenters. The van der Waals surface area contributed by atoms with Gasteiger partial charge < -0.3 is 14.8 Å². The van der Waals surface area contributed by atoms with Gasteiger partial charge in [-0.25, -0.2) is 0 Å². The number of methoxy groups -OCH3 is 1. The van der Waals surface area contributed by atoms with Gasteiger partial charge in [0.15, 0.2) is 0 Å². The molecule has 1 aromatic rings. The van der Waals surface area contributed by atoms with Crippen LogP contribution in [0.5, 0.6) is 12.0 Å². The van der Waals surface area contributed by atoms with Crippen molar-refractivity contribution in [2.45, 2.75) is 13.8 Å². The molecule has 84 valence electrons. The van der Waals surface area contributed by atoms with Gasteiger partial charge in [-0.3, -0.25) is 0 Å². The topological polar surface area (TPSA) is 69.2 Å². The van der Waals surface area contributed by atoms with Gasteiger partial charge in [-0.05, 0) is 5.92 Å². The first kappa shape index (κ1) is 11.5. The van der Waals surface area contributed by atoms with Crippen molar-refractivity contribution in [2.75, 3.05) is 26.1 Å². The summed E-state index contributed by atoms with van der Waals surface area (Å²) in [6.45, 7) is 4.67. The highest BCUT2D eigenvalue weighted by Gasteiger charge is 2.07. The van der Waals surface area contributed by atoms with Crippen molar-refractivity contribution in [2.24, 2.45) is 5.92 Å². The third-order valence-corrected chi connectivity index (χ3v) is 1.55. The van der Waals surface area contributed by atoms with E-state index in [9.17, 15) is 0 Å². The number of nitrogens with one attached hydrogen (secondary N) is 1. The molecule has 0 fully saturated rings. The second-order valence-electron chi connectivity index (χ2n) is 3.38. The van der Waals surface area contributed by atoms with E-state index in [4.69, 9.17) is 9.47 Å². The molecule has 0 aliphatic heterocycles. The Balaban J connectivity index is 2.77. The van der Waals surface area contributed by atoms with Crippen LogP contribution in [0, 0.1) is 5.92 Å². The first-order valence-corrected chi connectivity index (χ1v) is 4.76. The number of anilines is 1. The summed E-state index contributed by atoms with van der Waals surface area (Å²) in [5.41, 5.74) is 0. The van der Waals surface area contributed by atoms with Gasteiger partial charge in [0.2, 0.25) is 5.95 Å². The number of rotatable bonds is 5. The van der Waals surface area contributed by atoms with Crippen LogP contribution in [0.2, 0.25) is 0 Å². The van der Waals surface area contributed by atoms with Crippen molar-refractivity contribution in [1.82, 2.24) is 15.0 Å². The molecule has 0 amide bonds. The predicted molar refractivity (Wildman–Crippen MR) is 56.3 cm³/mol. The highest BCUT2D eigenvalue weighted by atomic mass is 16.5. The summed E-state index contributed by atoms with van der Waals surface area (Å²) >= 11 is 0. The van der Waals surface area contributed by atoms with Gasteiger partial charge in [0.25, 0.3) is 0 Å². The molecule has 0 aliphatic rings. The van der Waals surface area contributed by atoms with Crippen molar-refractivity contribution in [1.29, 1.82) is 0 Å². The Bertz CT molecular complexity index is 295. The maximum Gasteiger partial charge on any atom is 0.324 e. The first-order valence-electron chi connectivity index (χ1n) is 4.76. The van der Waals surface area contributed by atoms with E-state index >= 15 is 0 Å². The molecule has 0 aromatic carbocycles. The summed E-state index contributed by atoms with van der Waals surface area (Å²) < 4.78 is 10.3. The van der Waals surface area contributed by atoms with E-state index in [1.807, 2.05) is 0 Å². The Kier molecular flexibility index (Phi) is 4.08. The highest BCUT2D eigenvalue weighted by Crippen LogP contribution is 2.12. The third-order valence-electron chi connectivity index (χ3n) is 1.55. The van der Waals surface area contributed by atoms with E-state index in [1.165, 1.54) is 7.11 Å². The fraction of sp³-hybridized carbons (Fsp3) is 0.667. The van der Waals surface area contributed by atoms with Crippen LogP contribution >= 0.6 is 0 Å². The number of hydrogen-bond donors (Lipinski definition) is 1. The molecule has 0 bridgehead atoms. The summed E-state index contributed by atoms with van der Waals surface area (Å²) in [5, 5.41) is 2.81. The van der Waals surface area contributed by atoms with Crippen molar-refractivity contribution in [3.05, 3.63) is 0 Å². The molecule has 1 aromatic heterocycles. The van der Waals surface area contributed by atoms with Crippen LogP contribution in [0.15, 0.2) is 0 Å². The van der Waals surface area contributed by atoms with E-state index < -0.39 is 0 Å². The average molecular weight is 212 g/mol. The van der Waals surface area contributed by atoms with E-state index in [0.29, 0.717) is 18.5 Å². The molecule has 15 heavy (non-hydrogen) atoms. The van der Waals surface area contributed by atoms with Gasteiger partial charge in [0.1, 0.15) is 0 Å². The van der Waals surface area contributed by atoms with Crippen LogP contribution in [0.25, 0.3) is 0 Å². The highest BCUT2D eigenvalue weighted by molar-refractivity contribution is 5.26. The van der Waals surface area contributed by atoms with Gasteiger partial charge in [0.05, 0.1) is 13.7 Å². The molecular weight excluding hydrogens is 196 g/mol. The Labute approximate surface area is 89.1 Å². The minimum Gasteiger partial charge on any atom is -0.467 e. The lowest BCUT2D eigenvalue weighted by molar-refractivity contribution is 0.245. The van der Waals surface area contributed by atoms with Gasteiger partial charge in [-0.1, -0.05) is 13.8 Å². The summed E-state index contributed by atoms with van der Waals surface area (Å²) in [7, 11) is 3.22. The first-order chi connectivity index (χ1) is 7.15. The lowest BCUT2D eigenvalue weighted by Crippen LogP contribution is -2.09. The summed E-state index contributed by atoms with van der Waals surface area (Å²) in [4.78, 5) is 12.0. The predicted octanol–water partition coefficient (Wildman–Crippen LogP) is 0.957. The molecule has 1 rings (SSSR count). The Morgan fingerprint density at radius 3 is 2.40 bits per heavy atom. The molecule has 1 heterocycles. The molecule has 0 radical (unpaired) electrons. The molecule has 0 saturated heterocycles. The smallest absolute Gasteiger partial charge is 0.324 e. The molecule has 6 heteroatoms. The monoisotopic (exact) mass is 212 g/mol. The lowest BCUT2D eigenvalue weighted by atomic mass is 10.2. The number of ether oxygens (including phenoxy) is 2. The van der Waals surface area contributed by atoms with Gasteiger partial charge in [-0.2, -0.15) is 9.97 Å². The van der Waals surface area contributed by atoms with Gasteiger partial charge in [-0.15, -0.1) is 4.98 Å². The van der Waals surface area contributed by atoms with Gasteiger partial charge in [0, 0.05) is 7.05 Å². The van der Waals surface area contributed by atoms with Crippen LogP contribution in [0.4, 0.5) is 5.95 Å². The van der Waals surface area contributed by atoms with E-state index in [-0.39, 0.29) is 12.0 Å². The fourth-order valence-corrected chi connectivity index (χ4v) is 0.847. The largest absolute Gasteiger partial charge is 0.467 e. The van der Waals surface area contributed by atoms with Crippen LogP contribution in [0.1, 0.15) is 13.8 Å². The molecule has 0 saturated carbocycles. The fourth-order valence-electron chi connectivity index (χ4n) is 0.847. The van der Waals surface area contributed by atoms with E-state index in [0.717, 1.165) is 0 Å². The zero-order valence-electron chi connectivity index (χ0n) is 9.44. The maximum atomic E-state index is 5.37. The molecule has 0 unspecified atom stereocenters. The average Bonchev–Trinajstić information content (AvgIpc) is 2.25. The number of nitrogens with zero attached hydrogens (tertiary/aromatic N) is 3. The minimum atomic E-state index is 0.244. The van der Waals surface area contributed by atoms with Crippen LogP contribution in [-0.4, -0.2) is 35.7 Å². The van der Waals surface area contributed by atoms with Crippen LogP contribution in [0.3, 0.4) is 0 Å². The summed E-state index contributed by atoms with van der Waals surface area (Å²) in [6, 6.07) is 0.521. The quantitative estimate of drug-likeness (QED) is 0.783. The minimum absolute atomic E-state index is 0.244. The Hall–Kier alpha value is -1.59. The number of aromatic nitrogens is 3. The second-order valence-corrected chi connectivity index (χ2v) is 3.38. The standard InChI is InChI=1S/C9H16N4O2/c1-6(2)5-15-9-12-7(10-3)11-8(13-9)14-4/h6H,5H2,1-4H3,(H,10,11,12,13). The zero-order chi connectivity index (χ0) is 11.3. The van der Waals surface area contributed by atoms with Crippen LogP contribution < -0.4 is 14.8 Å². The molecule has 0 aliphatic carbocycles. The summed E-state index contributed by atoms with van der Waals surface area (Å²) in [5.74, 6) is 0.853. The maximum absolute atomic E-state index is 5.37. The van der Waals surface area contributed by atoms with Gasteiger partial charge >= 0.3 is 12.0 Å². The number of hydrogen-bond acceptors (Lipinski definition) is 6. The van der Waals surface area contributed by atoms with E-state index in [1.54, 1.807) is 7.05 Å². The van der Waals surface area contributed by atoms with Crippen molar-refractivity contribution in [3.63, 3.8) is 0 Å². The zero-order valence-corrected chi connectivity index (χ0v) is 9.44. The van der Waals surface area contributed by atoms with E-state index in [2.05, 4.69) is 34.1 Å². The van der Waals surface area contributed by atoms with Crippen LogP contribution in [-0.2, 0) is 0 Å². The summed E-state index contributed by atoms with van der Waals surface area (Å²) in [6.07, 6.45) is 0. The SMILES string of the molecule is CNc1nc(OC)nc(OCC(C)C)n1. The normalized spacial score (nSPS) is 10.2. The molecular formula is C9H16N4O2.